The van der Waals surface area contributed by atoms with Crippen LogP contribution in [0, 0.1) is 0 Å². The molecule has 1 fully saturated rings. The molecule has 3 aliphatic heterocycles. The average Bonchev–Trinajstić information content (AvgIpc) is 3.90. The van der Waals surface area contributed by atoms with Crippen LogP contribution < -0.4 is 16.0 Å². The molecule has 2 aromatic carbocycles. The number of carbonyl (C=O) groups is 2. The van der Waals surface area contributed by atoms with E-state index in [2.05, 4.69) is 41.8 Å². The van der Waals surface area contributed by atoms with Crippen molar-refractivity contribution in [2.75, 3.05) is 55.3 Å². The third-order valence-electron chi connectivity index (χ3n) is 8.21. The molecule has 0 atom stereocenters. The van der Waals surface area contributed by atoms with Crippen LogP contribution in [0.15, 0.2) is 92.5 Å². The Morgan fingerprint density at radius 2 is 1.42 bits per heavy atom. The van der Waals surface area contributed by atoms with Crippen LogP contribution in [0.3, 0.4) is 0 Å². The zero-order chi connectivity index (χ0) is 34.6. The zero-order valence-corrected chi connectivity index (χ0v) is 29.6. The van der Waals surface area contributed by atoms with Gasteiger partial charge in [0.25, 0.3) is 11.8 Å². The van der Waals surface area contributed by atoms with Crippen molar-refractivity contribution >= 4 is 91.4 Å². The first-order valence-corrected chi connectivity index (χ1v) is 17.4. The van der Waals surface area contributed by atoms with E-state index in [9.17, 15) is 9.59 Å². The van der Waals surface area contributed by atoms with Crippen molar-refractivity contribution in [3.05, 3.63) is 116 Å². The molecule has 0 aliphatic carbocycles. The molecule has 0 unspecified atom stereocenters. The number of aromatic nitrogens is 1. The number of benzene rings is 2. The van der Waals surface area contributed by atoms with Crippen LogP contribution in [-0.2, 0) is 14.3 Å². The highest BCUT2D eigenvalue weighted by Crippen LogP contribution is 2.37. The van der Waals surface area contributed by atoms with Crippen LogP contribution in [-0.4, -0.2) is 61.1 Å². The minimum absolute atomic E-state index is 0.153. The molecule has 5 aromatic rings. The maximum Gasteiger partial charge on any atom is 0.256 e. The van der Waals surface area contributed by atoms with Gasteiger partial charge in [0.05, 0.1) is 24.4 Å². The van der Waals surface area contributed by atoms with Crippen LogP contribution in [0.2, 0.25) is 10.0 Å². The lowest BCUT2D eigenvalue weighted by Crippen LogP contribution is -2.39. The molecule has 3 aliphatic rings. The van der Waals surface area contributed by atoms with E-state index in [4.69, 9.17) is 36.8 Å². The molecule has 2 amide bonds. The van der Waals surface area contributed by atoms with Crippen molar-refractivity contribution in [1.29, 1.82) is 0 Å². The third kappa shape index (κ3) is 7.88. The van der Waals surface area contributed by atoms with Crippen molar-refractivity contribution in [2.24, 2.45) is 0 Å². The van der Waals surface area contributed by atoms with E-state index in [1.165, 1.54) is 0 Å². The SMILES string of the molecule is O=C1Nc2ccc(Cl)cc2/C1=C/c1ccc(-c2ccc(NCCN3CCOCC3)nc2)o1.O=C1Nc2ccc(Cl)cc2/C1=C/c1ccc(Br)o1. The monoisotopic (exact) mass is 773 g/mol. The van der Waals surface area contributed by atoms with Crippen molar-refractivity contribution in [2.45, 2.75) is 0 Å². The summed E-state index contributed by atoms with van der Waals surface area (Å²) in [5.74, 6) is 2.39. The number of rotatable bonds is 7. The van der Waals surface area contributed by atoms with Gasteiger partial charge in [0.1, 0.15) is 23.1 Å². The number of halogens is 3. The number of pyridine rings is 1. The van der Waals surface area contributed by atoms with Crippen molar-refractivity contribution < 1.29 is 23.2 Å². The van der Waals surface area contributed by atoms with E-state index in [1.54, 1.807) is 66.9 Å². The molecule has 13 heteroatoms. The highest BCUT2D eigenvalue weighted by atomic mass is 79.9. The predicted octanol–water partition coefficient (Wildman–Crippen LogP) is 8.42. The molecule has 3 N–H and O–H groups in total. The molecule has 0 saturated carbocycles. The molecular formula is C37H30BrCl2N5O5. The minimum atomic E-state index is -0.172. The molecule has 6 heterocycles. The Kier molecular flexibility index (Phi) is 10.2. The summed E-state index contributed by atoms with van der Waals surface area (Å²) in [6, 6.07) is 21.8. The van der Waals surface area contributed by atoms with Gasteiger partial charge < -0.3 is 29.5 Å². The molecule has 8 rings (SSSR count). The number of amides is 2. The van der Waals surface area contributed by atoms with Gasteiger partial charge in [-0.15, -0.1) is 0 Å². The number of hydrogen-bond donors (Lipinski definition) is 3. The standard InChI is InChI=1S/C24H23ClN4O3.C13H7BrClNO2/c25-17-2-4-21-19(13-17)20(24(30)28-21)14-18-3-5-22(32-18)16-1-6-23(27-15-16)26-7-8-29-9-11-31-12-10-29;14-12-4-2-8(18-12)6-10-9-5-7(15)1-3-11(9)16-13(10)17/h1-6,13-15H,7-12H2,(H,26,27)(H,28,30);1-6H,(H,16,17)/b20-14-;10-6-. The van der Waals surface area contributed by atoms with E-state index in [0.29, 0.717) is 43.1 Å². The minimum Gasteiger partial charge on any atom is -0.457 e. The fourth-order valence-electron chi connectivity index (χ4n) is 5.69. The maximum absolute atomic E-state index is 12.4. The Morgan fingerprint density at radius 3 is 2.00 bits per heavy atom. The van der Waals surface area contributed by atoms with E-state index in [1.807, 2.05) is 24.3 Å². The molecule has 0 spiro atoms. The van der Waals surface area contributed by atoms with E-state index in [-0.39, 0.29) is 11.8 Å². The number of ether oxygens (including phenoxy) is 1. The summed E-state index contributed by atoms with van der Waals surface area (Å²) >= 11 is 15.3. The number of nitrogens with zero attached hydrogens (tertiary/aromatic N) is 2. The summed E-state index contributed by atoms with van der Waals surface area (Å²) in [6.45, 7) is 5.36. The van der Waals surface area contributed by atoms with Crippen molar-refractivity contribution in [3.8, 4) is 11.3 Å². The first-order valence-electron chi connectivity index (χ1n) is 15.8. The first kappa shape index (κ1) is 33.8. The molecule has 50 heavy (non-hydrogen) atoms. The molecule has 0 bridgehead atoms. The lowest BCUT2D eigenvalue weighted by molar-refractivity contribution is -0.111. The van der Waals surface area contributed by atoms with Crippen molar-refractivity contribution in [3.63, 3.8) is 0 Å². The summed E-state index contributed by atoms with van der Waals surface area (Å²) < 4.78 is 17.3. The van der Waals surface area contributed by atoms with E-state index < -0.39 is 0 Å². The molecule has 0 radical (unpaired) electrons. The van der Waals surface area contributed by atoms with Gasteiger partial charge in [0, 0.05) is 70.5 Å². The number of nitrogens with one attached hydrogen (secondary N) is 3. The topological polar surface area (TPSA) is 122 Å². The van der Waals surface area contributed by atoms with E-state index in [0.717, 1.165) is 73.3 Å². The molecule has 10 nitrogen and oxygen atoms in total. The van der Waals surface area contributed by atoms with Gasteiger partial charge in [-0.1, -0.05) is 23.2 Å². The van der Waals surface area contributed by atoms with Crippen LogP contribution in [0.25, 0.3) is 34.6 Å². The number of morpholine rings is 1. The Bertz CT molecular complexity index is 2120. The highest BCUT2D eigenvalue weighted by Gasteiger charge is 2.26. The zero-order valence-electron chi connectivity index (χ0n) is 26.5. The van der Waals surface area contributed by atoms with E-state index >= 15 is 0 Å². The van der Waals surface area contributed by atoms with Crippen LogP contribution in [0.1, 0.15) is 22.6 Å². The number of fused-ring (bicyclic) bond motifs is 2. The third-order valence-corrected chi connectivity index (χ3v) is 9.11. The van der Waals surface area contributed by atoms with Gasteiger partial charge >= 0.3 is 0 Å². The van der Waals surface area contributed by atoms with Gasteiger partial charge in [-0.3, -0.25) is 14.5 Å². The number of anilines is 3. The normalized spacial score (nSPS) is 16.9. The van der Waals surface area contributed by atoms with Crippen molar-refractivity contribution in [1.82, 2.24) is 9.88 Å². The summed E-state index contributed by atoms with van der Waals surface area (Å²) in [6.07, 6.45) is 5.21. The first-order chi connectivity index (χ1) is 24.3. The van der Waals surface area contributed by atoms with Crippen LogP contribution >= 0.6 is 39.1 Å². The lowest BCUT2D eigenvalue weighted by atomic mass is 10.1. The quantitative estimate of drug-likeness (QED) is 0.141. The smallest absolute Gasteiger partial charge is 0.256 e. The maximum atomic E-state index is 12.4. The second-order valence-corrected chi connectivity index (χ2v) is 13.2. The second-order valence-electron chi connectivity index (χ2n) is 11.6. The van der Waals surface area contributed by atoms with Crippen LogP contribution in [0.5, 0.6) is 0 Å². The summed E-state index contributed by atoms with van der Waals surface area (Å²) in [7, 11) is 0. The van der Waals surface area contributed by atoms with Gasteiger partial charge in [-0.25, -0.2) is 4.98 Å². The number of carbonyl (C=O) groups excluding carboxylic acids is 2. The largest absolute Gasteiger partial charge is 0.457 e. The summed E-state index contributed by atoms with van der Waals surface area (Å²) in [5, 5.41) is 10.2. The van der Waals surface area contributed by atoms with Gasteiger partial charge in [0.15, 0.2) is 4.67 Å². The predicted molar refractivity (Wildman–Crippen MR) is 200 cm³/mol. The molecular weight excluding hydrogens is 745 g/mol. The van der Waals surface area contributed by atoms with Gasteiger partial charge in [0.2, 0.25) is 0 Å². The number of furan rings is 2. The Morgan fingerprint density at radius 1 is 0.800 bits per heavy atom. The number of hydrogen-bond acceptors (Lipinski definition) is 8. The summed E-state index contributed by atoms with van der Waals surface area (Å²) in [5.41, 5.74) is 5.03. The van der Waals surface area contributed by atoms with Crippen LogP contribution in [0.4, 0.5) is 17.2 Å². The summed E-state index contributed by atoms with van der Waals surface area (Å²) in [4.78, 5) is 31.1. The molecule has 3 aromatic heterocycles. The highest BCUT2D eigenvalue weighted by molar-refractivity contribution is 9.10. The lowest BCUT2D eigenvalue weighted by Gasteiger charge is -2.26. The molecule has 254 valence electrons. The fraction of sp³-hybridized carbons (Fsp3) is 0.162. The fourth-order valence-corrected chi connectivity index (χ4v) is 6.36. The second kappa shape index (κ2) is 15.1. The van der Waals surface area contributed by atoms with Gasteiger partial charge in [-0.05, 0) is 101 Å². The van der Waals surface area contributed by atoms with Gasteiger partial charge in [-0.2, -0.15) is 0 Å². The average molecular weight is 775 g/mol. The Hall–Kier alpha value is -4.65. The Balaban J connectivity index is 0.000000184. The Labute approximate surface area is 306 Å². The molecule has 1 saturated heterocycles.